The second kappa shape index (κ2) is 10.3. The largest absolute Gasteiger partial charge is 0.497 e. The molecular weight excluding hydrogens is 328 g/mol. The van der Waals surface area contributed by atoms with Crippen molar-refractivity contribution in [3.05, 3.63) is 29.8 Å². The number of amides is 1. The first-order valence-electron chi connectivity index (χ1n) is 9.56. The van der Waals surface area contributed by atoms with Gasteiger partial charge < -0.3 is 19.3 Å². The minimum absolute atomic E-state index is 0.0766. The highest BCUT2D eigenvalue weighted by molar-refractivity contribution is 5.83. The minimum Gasteiger partial charge on any atom is -0.497 e. The SMILES string of the molecule is COc1ccc(CCN(CC2CCN(C)CC2)C(=O)CCC(C)=O)cc1. The Morgan fingerprint density at radius 2 is 1.81 bits per heavy atom. The number of likely N-dealkylation sites (tertiary alicyclic amines) is 1. The van der Waals surface area contributed by atoms with Crippen LogP contribution in [-0.4, -0.2) is 61.8 Å². The molecule has 1 aliphatic rings. The molecule has 0 N–H and O–H groups in total. The van der Waals surface area contributed by atoms with Gasteiger partial charge in [0.15, 0.2) is 0 Å². The Labute approximate surface area is 157 Å². The first-order chi connectivity index (χ1) is 12.5. The van der Waals surface area contributed by atoms with E-state index in [2.05, 4.69) is 11.9 Å². The maximum atomic E-state index is 12.7. The van der Waals surface area contributed by atoms with Crippen LogP contribution in [0, 0.1) is 5.92 Å². The number of Topliss-reactive ketones (excluding diaryl/α,β-unsaturated/α-hetero) is 1. The Morgan fingerprint density at radius 3 is 2.38 bits per heavy atom. The molecule has 0 saturated carbocycles. The van der Waals surface area contributed by atoms with Gasteiger partial charge in [-0.05, 0) is 69.9 Å². The second-order valence-electron chi connectivity index (χ2n) is 7.39. The van der Waals surface area contributed by atoms with Crippen LogP contribution in [-0.2, 0) is 16.0 Å². The van der Waals surface area contributed by atoms with Crippen molar-refractivity contribution < 1.29 is 14.3 Å². The van der Waals surface area contributed by atoms with E-state index < -0.39 is 0 Å². The smallest absolute Gasteiger partial charge is 0.223 e. The molecular formula is C21H32N2O3. The van der Waals surface area contributed by atoms with Gasteiger partial charge in [0, 0.05) is 25.9 Å². The first-order valence-corrected chi connectivity index (χ1v) is 9.56. The van der Waals surface area contributed by atoms with Crippen LogP contribution in [0.5, 0.6) is 5.75 Å². The van der Waals surface area contributed by atoms with Crippen LogP contribution < -0.4 is 4.74 Å². The summed E-state index contributed by atoms with van der Waals surface area (Å²) in [6.45, 7) is 5.25. The Kier molecular flexibility index (Phi) is 8.10. The lowest BCUT2D eigenvalue weighted by molar-refractivity contribution is -0.133. The number of hydrogen-bond donors (Lipinski definition) is 0. The lowest BCUT2D eigenvalue weighted by Crippen LogP contribution is -2.40. The number of rotatable bonds is 9. The lowest BCUT2D eigenvalue weighted by Gasteiger charge is -2.33. The number of piperidine rings is 1. The summed E-state index contributed by atoms with van der Waals surface area (Å²) < 4.78 is 5.20. The summed E-state index contributed by atoms with van der Waals surface area (Å²) >= 11 is 0. The van der Waals surface area contributed by atoms with Gasteiger partial charge in [-0.15, -0.1) is 0 Å². The highest BCUT2D eigenvalue weighted by atomic mass is 16.5. The summed E-state index contributed by atoms with van der Waals surface area (Å²) in [6, 6.07) is 8.00. The Balaban J connectivity index is 1.94. The van der Waals surface area contributed by atoms with Crippen LogP contribution in [0.1, 0.15) is 38.2 Å². The Bertz CT molecular complexity index is 577. The predicted octanol–water partition coefficient (Wildman–Crippen LogP) is 2.78. The van der Waals surface area contributed by atoms with Crippen LogP contribution in [0.25, 0.3) is 0 Å². The van der Waals surface area contributed by atoms with Gasteiger partial charge in [0.2, 0.25) is 5.91 Å². The van der Waals surface area contributed by atoms with Crippen LogP contribution in [0.2, 0.25) is 0 Å². The van der Waals surface area contributed by atoms with Crippen molar-refractivity contribution in [1.29, 1.82) is 0 Å². The number of ketones is 1. The molecule has 5 heteroatoms. The van der Waals surface area contributed by atoms with E-state index in [0.29, 0.717) is 25.3 Å². The van der Waals surface area contributed by atoms with E-state index in [1.807, 2.05) is 29.2 Å². The zero-order chi connectivity index (χ0) is 18.9. The molecule has 1 heterocycles. The maximum absolute atomic E-state index is 12.7. The zero-order valence-electron chi connectivity index (χ0n) is 16.4. The summed E-state index contributed by atoms with van der Waals surface area (Å²) in [6.07, 6.45) is 3.75. The number of hydrogen-bond acceptors (Lipinski definition) is 4. The van der Waals surface area contributed by atoms with Crippen molar-refractivity contribution in [2.75, 3.05) is 40.3 Å². The molecule has 26 heavy (non-hydrogen) atoms. The van der Waals surface area contributed by atoms with Gasteiger partial charge in [0.05, 0.1) is 7.11 Å². The molecule has 0 bridgehead atoms. The van der Waals surface area contributed by atoms with Crippen molar-refractivity contribution >= 4 is 11.7 Å². The molecule has 0 spiro atoms. The molecule has 1 fully saturated rings. The summed E-state index contributed by atoms with van der Waals surface area (Å²) in [5.41, 5.74) is 1.19. The first kappa shape index (κ1) is 20.4. The van der Waals surface area contributed by atoms with Gasteiger partial charge in [0.25, 0.3) is 0 Å². The van der Waals surface area contributed by atoms with E-state index in [0.717, 1.165) is 44.6 Å². The number of ether oxygens (including phenoxy) is 1. The van der Waals surface area contributed by atoms with E-state index in [1.54, 1.807) is 14.0 Å². The molecule has 1 amide bonds. The van der Waals surface area contributed by atoms with E-state index in [-0.39, 0.29) is 11.7 Å². The normalized spacial score (nSPS) is 15.7. The Morgan fingerprint density at radius 1 is 1.15 bits per heavy atom. The summed E-state index contributed by atoms with van der Waals surface area (Å²) in [4.78, 5) is 28.2. The topological polar surface area (TPSA) is 49.9 Å². The predicted molar refractivity (Wildman–Crippen MR) is 103 cm³/mol. The molecule has 0 unspecified atom stereocenters. The second-order valence-corrected chi connectivity index (χ2v) is 7.39. The third-order valence-electron chi connectivity index (χ3n) is 5.19. The molecule has 1 aromatic rings. The monoisotopic (exact) mass is 360 g/mol. The molecule has 144 valence electrons. The Hall–Kier alpha value is -1.88. The molecule has 0 aliphatic carbocycles. The number of nitrogens with zero attached hydrogens (tertiary/aromatic N) is 2. The average Bonchev–Trinajstić information content (AvgIpc) is 2.65. The van der Waals surface area contributed by atoms with Crippen molar-refractivity contribution in [2.24, 2.45) is 5.92 Å². The van der Waals surface area contributed by atoms with E-state index in [4.69, 9.17) is 4.74 Å². The van der Waals surface area contributed by atoms with Crippen molar-refractivity contribution in [3.63, 3.8) is 0 Å². The number of carbonyl (C=O) groups is 2. The fourth-order valence-electron chi connectivity index (χ4n) is 3.37. The van der Waals surface area contributed by atoms with E-state index in [9.17, 15) is 9.59 Å². The van der Waals surface area contributed by atoms with Crippen LogP contribution in [0.15, 0.2) is 24.3 Å². The fourth-order valence-corrected chi connectivity index (χ4v) is 3.37. The van der Waals surface area contributed by atoms with Crippen molar-refractivity contribution in [3.8, 4) is 5.75 Å². The third kappa shape index (κ3) is 6.79. The number of methoxy groups -OCH3 is 1. The fraction of sp³-hybridized carbons (Fsp3) is 0.619. The van der Waals surface area contributed by atoms with Crippen LogP contribution in [0.3, 0.4) is 0 Å². The van der Waals surface area contributed by atoms with Gasteiger partial charge in [-0.2, -0.15) is 0 Å². The molecule has 0 aromatic heterocycles. The minimum atomic E-state index is 0.0766. The number of carbonyl (C=O) groups excluding carboxylic acids is 2. The van der Waals surface area contributed by atoms with E-state index >= 15 is 0 Å². The van der Waals surface area contributed by atoms with Crippen LogP contribution in [0.4, 0.5) is 0 Å². The molecule has 1 saturated heterocycles. The average molecular weight is 360 g/mol. The molecule has 0 atom stereocenters. The van der Waals surface area contributed by atoms with E-state index in [1.165, 1.54) is 5.56 Å². The summed E-state index contributed by atoms with van der Waals surface area (Å²) in [5, 5.41) is 0. The molecule has 1 aromatic carbocycles. The van der Waals surface area contributed by atoms with Gasteiger partial charge in [-0.3, -0.25) is 4.79 Å². The number of benzene rings is 1. The molecule has 5 nitrogen and oxygen atoms in total. The van der Waals surface area contributed by atoms with Gasteiger partial charge in [-0.25, -0.2) is 0 Å². The summed E-state index contributed by atoms with van der Waals surface area (Å²) in [5.74, 6) is 1.58. The lowest BCUT2D eigenvalue weighted by atomic mass is 9.96. The molecule has 0 radical (unpaired) electrons. The zero-order valence-corrected chi connectivity index (χ0v) is 16.4. The van der Waals surface area contributed by atoms with Crippen molar-refractivity contribution in [2.45, 2.75) is 39.0 Å². The van der Waals surface area contributed by atoms with Crippen molar-refractivity contribution in [1.82, 2.24) is 9.80 Å². The quantitative estimate of drug-likeness (QED) is 0.679. The highest BCUT2D eigenvalue weighted by Gasteiger charge is 2.22. The van der Waals surface area contributed by atoms with Gasteiger partial charge >= 0.3 is 0 Å². The molecule has 2 rings (SSSR count). The third-order valence-corrected chi connectivity index (χ3v) is 5.19. The maximum Gasteiger partial charge on any atom is 0.223 e. The van der Waals surface area contributed by atoms with Gasteiger partial charge in [0.1, 0.15) is 11.5 Å². The van der Waals surface area contributed by atoms with Crippen LogP contribution >= 0.6 is 0 Å². The highest BCUT2D eigenvalue weighted by Crippen LogP contribution is 2.19. The van der Waals surface area contributed by atoms with Gasteiger partial charge in [-0.1, -0.05) is 12.1 Å². The standard InChI is InChI=1S/C21H32N2O3/c1-17(24)4-9-21(25)23(16-19-10-13-22(2)14-11-19)15-12-18-5-7-20(26-3)8-6-18/h5-8,19H,4,9-16H2,1-3H3. The molecule has 1 aliphatic heterocycles. The summed E-state index contributed by atoms with van der Waals surface area (Å²) in [7, 11) is 3.81.